The van der Waals surface area contributed by atoms with Crippen molar-refractivity contribution in [3.05, 3.63) is 12.2 Å². The third-order valence-electron chi connectivity index (χ3n) is 1.97. The maximum absolute atomic E-state index is 3.61. The number of alkyl halides is 2. The second kappa shape index (κ2) is 3.58. The van der Waals surface area contributed by atoms with Crippen LogP contribution < -0.4 is 0 Å². The molecule has 0 aromatic rings. The molecule has 1 saturated carbocycles. The highest BCUT2D eigenvalue weighted by atomic mass is 79.9. The Morgan fingerprint density at radius 2 is 1.92 bits per heavy atom. The van der Waals surface area contributed by atoms with Crippen molar-refractivity contribution in [3.63, 3.8) is 0 Å². The molecular formula is C9H16Br2Si. The quantitative estimate of drug-likeness (QED) is 0.412. The first-order chi connectivity index (χ1) is 5.31. The lowest BCUT2D eigenvalue weighted by atomic mass is 10.4. The second-order valence-electron chi connectivity index (χ2n) is 4.76. The highest BCUT2D eigenvalue weighted by Gasteiger charge is 2.48. The van der Waals surface area contributed by atoms with Crippen LogP contribution in [0.4, 0.5) is 0 Å². The van der Waals surface area contributed by atoms with Crippen LogP contribution >= 0.6 is 31.9 Å². The van der Waals surface area contributed by atoms with Crippen molar-refractivity contribution in [1.82, 2.24) is 0 Å². The van der Waals surface area contributed by atoms with Crippen LogP contribution in [0.2, 0.25) is 25.7 Å². The Morgan fingerprint density at radius 3 is 2.25 bits per heavy atom. The summed E-state index contributed by atoms with van der Waals surface area (Å²) in [5.74, 6) is 0.717. The van der Waals surface area contributed by atoms with Gasteiger partial charge in [0.2, 0.25) is 0 Å². The van der Waals surface area contributed by atoms with Crippen LogP contribution in [0.5, 0.6) is 0 Å². The minimum absolute atomic E-state index is 0.246. The highest BCUT2D eigenvalue weighted by Crippen LogP contribution is 2.57. The van der Waals surface area contributed by atoms with Gasteiger partial charge in [-0.05, 0) is 12.5 Å². The van der Waals surface area contributed by atoms with E-state index in [1.54, 1.807) is 0 Å². The van der Waals surface area contributed by atoms with Crippen molar-refractivity contribution >= 4 is 39.9 Å². The van der Waals surface area contributed by atoms with Gasteiger partial charge in [0.05, 0.1) is 3.23 Å². The maximum Gasteiger partial charge on any atom is 0.0875 e. The molecule has 0 bridgehead atoms. The van der Waals surface area contributed by atoms with Crippen molar-refractivity contribution in [1.29, 1.82) is 0 Å². The summed E-state index contributed by atoms with van der Waals surface area (Å²) in [6.45, 7) is 7.21. The standard InChI is InChI=1S/C9H16Br2Si/c1-12(2,3)6-4-5-8-7-9(8,10)11/h4-5,8H,6-7H2,1-3H3/b5-4+/t8-/m0/s1. The van der Waals surface area contributed by atoms with Crippen LogP contribution in [0, 0.1) is 5.92 Å². The molecule has 1 fully saturated rings. The normalized spacial score (nSPS) is 27.9. The molecule has 0 amide bonds. The molecule has 0 aliphatic heterocycles. The van der Waals surface area contributed by atoms with E-state index in [1.807, 2.05) is 0 Å². The molecule has 1 rings (SSSR count). The Kier molecular flexibility index (Phi) is 3.28. The highest BCUT2D eigenvalue weighted by molar-refractivity contribution is 9.25. The molecule has 3 heteroatoms. The summed E-state index contributed by atoms with van der Waals surface area (Å²) in [6.07, 6.45) is 5.94. The Morgan fingerprint density at radius 1 is 1.42 bits per heavy atom. The Bertz CT molecular complexity index is 191. The lowest BCUT2D eigenvalue weighted by molar-refractivity contribution is 1.11. The van der Waals surface area contributed by atoms with E-state index >= 15 is 0 Å². The Hall–Kier alpha value is 0.917. The fourth-order valence-corrected chi connectivity index (χ4v) is 2.87. The van der Waals surface area contributed by atoms with Crippen molar-refractivity contribution < 1.29 is 0 Å². The number of allylic oxidation sites excluding steroid dienone is 2. The molecule has 0 aromatic heterocycles. The summed E-state index contributed by atoms with van der Waals surface area (Å²) in [5, 5.41) is 0. The molecule has 0 unspecified atom stereocenters. The molecule has 0 aromatic carbocycles. The summed E-state index contributed by atoms with van der Waals surface area (Å²) in [4.78, 5) is 0. The van der Waals surface area contributed by atoms with E-state index in [-0.39, 0.29) is 3.23 Å². The third kappa shape index (κ3) is 3.75. The van der Waals surface area contributed by atoms with E-state index < -0.39 is 8.07 Å². The van der Waals surface area contributed by atoms with Gasteiger partial charge in [-0.15, -0.1) is 0 Å². The van der Waals surface area contributed by atoms with Gasteiger partial charge in [-0.3, -0.25) is 0 Å². The molecule has 12 heavy (non-hydrogen) atoms. The van der Waals surface area contributed by atoms with Crippen LogP contribution in [0.25, 0.3) is 0 Å². The van der Waals surface area contributed by atoms with Crippen molar-refractivity contribution in [2.24, 2.45) is 5.92 Å². The van der Waals surface area contributed by atoms with Gasteiger partial charge in [0, 0.05) is 14.0 Å². The predicted octanol–water partition coefficient (Wildman–Crippen LogP) is 4.39. The van der Waals surface area contributed by atoms with Gasteiger partial charge in [-0.1, -0.05) is 63.7 Å². The lowest BCUT2D eigenvalue weighted by Crippen LogP contribution is -2.17. The molecule has 0 radical (unpaired) electrons. The lowest BCUT2D eigenvalue weighted by Gasteiger charge is -2.11. The van der Waals surface area contributed by atoms with Crippen molar-refractivity contribution in [2.75, 3.05) is 0 Å². The van der Waals surface area contributed by atoms with E-state index in [9.17, 15) is 0 Å². The molecule has 70 valence electrons. The predicted molar refractivity (Wildman–Crippen MR) is 66.0 cm³/mol. The van der Waals surface area contributed by atoms with Crippen LogP contribution in [-0.4, -0.2) is 11.3 Å². The SMILES string of the molecule is C[Si](C)(C)C/C=C/[C@H]1CC1(Br)Br. The minimum atomic E-state index is -0.860. The topological polar surface area (TPSA) is 0 Å². The zero-order valence-electron chi connectivity index (χ0n) is 7.90. The molecule has 1 aliphatic rings. The molecule has 0 nitrogen and oxygen atoms in total. The number of hydrogen-bond acceptors (Lipinski definition) is 0. The number of hydrogen-bond donors (Lipinski definition) is 0. The Balaban J connectivity index is 2.25. The summed E-state index contributed by atoms with van der Waals surface area (Å²) in [7, 11) is -0.860. The molecule has 0 spiro atoms. The van der Waals surface area contributed by atoms with Gasteiger partial charge in [0.15, 0.2) is 0 Å². The van der Waals surface area contributed by atoms with Crippen LogP contribution in [-0.2, 0) is 0 Å². The summed E-state index contributed by atoms with van der Waals surface area (Å²) in [6, 6.07) is 1.31. The molecule has 1 aliphatic carbocycles. The zero-order valence-corrected chi connectivity index (χ0v) is 12.1. The van der Waals surface area contributed by atoms with Crippen molar-refractivity contribution in [3.8, 4) is 0 Å². The zero-order chi connectivity index (χ0) is 9.41. The van der Waals surface area contributed by atoms with E-state index in [1.165, 1.54) is 12.5 Å². The minimum Gasteiger partial charge on any atom is -0.0908 e. The fraction of sp³-hybridized carbons (Fsp3) is 0.778. The van der Waals surface area contributed by atoms with Gasteiger partial charge in [-0.2, -0.15) is 0 Å². The van der Waals surface area contributed by atoms with Gasteiger partial charge in [0.25, 0.3) is 0 Å². The first-order valence-corrected chi connectivity index (χ1v) is 9.65. The summed E-state index contributed by atoms with van der Waals surface area (Å²) >= 11 is 7.22. The van der Waals surface area contributed by atoms with Crippen LogP contribution in [0.15, 0.2) is 12.2 Å². The van der Waals surface area contributed by atoms with E-state index in [0.717, 1.165) is 0 Å². The van der Waals surface area contributed by atoms with E-state index in [0.29, 0.717) is 5.92 Å². The molecule has 0 saturated heterocycles. The third-order valence-corrected chi connectivity index (χ3v) is 5.26. The Labute approximate surface area is 93.1 Å². The average Bonchev–Trinajstić information content (AvgIpc) is 2.36. The van der Waals surface area contributed by atoms with Gasteiger partial charge in [-0.25, -0.2) is 0 Å². The van der Waals surface area contributed by atoms with E-state index in [2.05, 4.69) is 63.7 Å². The first kappa shape index (κ1) is 11.0. The molecule has 0 N–H and O–H groups in total. The molecule has 1 atom stereocenters. The summed E-state index contributed by atoms with van der Waals surface area (Å²) < 4.78 is 0.246. The van der Waals surface area contributed by atoms with Gasteiger partial charge >= 0.3 is 0 Å². The van der Waals surface area contributed by atoms with Crippen LogP contribution in [0.1, 0.15) is 6.42 Å². The first-order valence-electron chi connectivity index (χ1n) is 4.36. The smallest absolute Gasteiger partial charge is 0.0875 e. The fourth-order valence-electron chi connectivity index (χ4n) is 1.03. The van der Waals surface area contributed by atoms with Gasteiger partial charge < -0.3 is 0 Å². The largest absolute Gasteiger partial charge is 0.0908 e. The molecule has 0 heterocycles. The molecular weight excluding hydrogens is 296 g/mol. The average molecular weight is 312 g/mol. The van der Waals surface area contributed by atoms with E-state index in [4.69, 9.17) is 0 Å². The summed E-state index contributed by atoms with van der Waals surface area (Å²) in [5.41, 5.74) is 0. The second-order valence-corrected chi connectivity index (χ2v) is 14.2. The maximum atomic E-state index is 3.61. The van der Waals surface area contributed by atoms with Crippen LogP contribution in [0.3, 0.4) is 0 Å². The van der Waals surface area contributed by atoms with Crippen molar-refractivity contribution in [2.45, 2.75) is 35.3 Å². The number of rotatable bonds is 3. The monoisotopic (exact) mass is 310 g/mol. The van der Waals surface area contributed by atoms with Gasteiger partial charge in [0.1, 0.15) is 0 Å². The number of halogens is 2.